The molecule has 2 fully saturated rings. The molecule has 1 amide bonds. The summed E-state index contributed by atoms with van der Waals surface area (Å²) in [6, 6.07) is 26.4. The average Bonchev–Trinajstić information content (AvgIpc) is 3.07. The Hall–Kier alpha value is -4.16. The zero-order valence-corrected chi connectivity index (χ0v) is 24.8. The topological polar surface area (TPSA) is 151 Å². The smallest absolute Gasteiger partial charge is 0.233 e. The Balaban J connectivity index is 1.24. The Morgan fingerprint density at radius 1 is 0.826 bits per heavy atom. The van der Waals surface area contributed by atoms with E-state index in [0.717, 1.165) is 5.56 Å². The monoisotopic (exact) mass is 629 g/mol. The van der Waals surface area contributed by atoms with Crippen molar-refractivity contribution in [3.8, 4) is 16.9 Å². The molecular formula is C36H36FNO8. The van der Waals surface area contributed by atoms with Gasteiger partial charge >= 0.3 is 0 Å². The van der Waals surface area contributed by atoms with Gasteiger partial charge in [0.15, 0.2) is 0 Å². The molecule has 6 rings (SSSR count). The zero-order chi connectivity index (χ0) is 32.5. The summed E-state index contributed by atoms with van der Waals surface area (Å²) in [5, 5.41) is 62.2. The predicted molar refractivity (Wildman–Crippen MR) is 167 cm³/mol. The van der Waals surface area contributed by atoms with Gasteiger partial charge < -0.3 is 40.3 Å². The number of benzene rings is 4. The zero-order valence-electron chi connectivity index (χ0n) is 24.8. The molecule has 0 unspecified atom stereocenters. The number of ether oxygens (including phenoxy) is 1. The maximum atomic E-state index is 13.7. The van der Waals surface area contributed by atoms with Crippen LogP contribution in [0, 0.1) is 11.7 Å². The third kappa shape index (κ3) is 6.03. The van der Waals surface area contributed by atoms with Crippen molar-refractivity contribution in [1.82, 2.24) is 0 Å². The third-order valence-corrected chi connectivity index (χ3v) is 9.06. The number of aliphatic hydroxyl groups excluding tert-OH is 5. The Morgan fingerprint density at radius 3 is 2.15 bits per heavy atom. The van der Waals surface area contributed by atoms with Crippen LogP contribution in [0.1, 0.15) is 47.8 Å². The lowest BCUT2D eigenvalue weighted by atomic mass is 9.78. The number of phenols is 1. The molecule has 10 heteroatoms. The number of amides is 1. The molecule has 0 saturated carbocycles. The SMILES string of the molecule is O=C1[C@H](CC[C@H](O)c2ccccc2)[C@@H](c2ccc(-c3ccc([C@@H]4O[C@H](CO)[C@@H](O)[C@H](O)[C@H]4O)cc3)c(O)c2)N1c1ccc(F)cc1. The van der Waals surface area contributed by atoms with E-state index >= 15 is 0 Å². The molecule has 0 aromatic heterocycles. The van der Waals surface area contributed by atoms with Crippen LogP contribution in [0.3, 0.4) is 0 Å². The van der Waals surface area contributed by atoms with Gasteiger partial charge in [0.1, 0.15) is 42.1 Å². The lowest BCUT2D eigenvalue weighted by Crippen LogP contribution is -2.55. The molecule has 4 aromatic rings. The van der Waals surface area contributed by atoms with Crippen LogP contribution in [0.15, 0.2) is 97.1 Å². The van der Waals surface area contributed by atoms with Crippen LogP contribution in [0.5, 0.6) is 5.75 Å². The first-order valence-electron chi connectivity index (χ1n) is 15.2. The normalized spacial score (nSPS) is 26.9. The quantitative estimate of drug-likeness (QED) is 0.153. The molecule has 0 bridgehead atoms. The third-order valence-electron chi connectivity index (χ3n) is 9.06. The average molecular weight is 630 g/mol. The summed E-state index contributed by atoms with van der Waals surface area (Å²) in [5.74, 6) is -1.06. The molecule has 0 radical (unpaired) electrons. The van der Waals surface area contributed by atoms with Gasteiger partial charge in [-0.05, 0) is 65.4 Å². The van der Waals surface area contributed by atoms with Gasteiger partial charge in [0, 0.05) is 11.3 Å². The van der Waals surface area contributed by atoms with Crippen LogP contribution in [0.2, 0.25) is 0 Å². The molecular weight excluding hydrogens is 593 g/mol. The molecule has 9 nitrogen and oxygen atoms in total. The van der Waals surface area contributed by atoms with E-state index in [1.807, 2.05) is 36.4 Å². The molecule has 2 heterocycles. The second-order valence-electron chi connectivity index (χ2n) is 11.9. The van der Waals surface area contributed by atoms with Crippen LogP contribution in [0.4, 0.5) is 10.1 Å². The number of aromatic hydroxyl groups is 1. The highest BCUT2D eigenvalue weighted by atomic mass is 19.1. The van der Waals surface area contributed by atoms with Crippen LogP contribution < -0.4 is 4.90 Å². The second-order valence-corrected chi connectivity index (χ2v) is 11.9. The van der Waals surface area contributed by atoms with E-state index in [0.29, 0.717) is 40.8 Å². The van der Waals surface area contributed by atoms with Gasteiger partial charge in [-0.2, -0.15) is 0 Å². The van der Waals surface area contributed by atoms with E-state index in [4.69, 9.17) is 4.74 Å². The van der Waals surface area contributed by atoms with Crippen molar-refractivity contribution in [1.29, 1.82) is 0 Å². The highest BCUT2D eigenvalue weighted by Gasteiger charge is 2.49. The van der Waals surface area contributed by atoms with E-state index in [1.54, 1.807) is 53.4 Å². The van der Waals surface area contributed by atoms with E-state index in [-0.39, 0.29) is 11.7 Å². The van der Waals surface area contributed by atoms with Crippen molar-refractivity contribution in [2.45, 2.75) is 55.5 Å². The molecule has 4 aromatic carbocycles. The molecule has 0 aliphatic carbocycles. The number of carbonyl (C=O) groups is 1. The largest absolute Gasteiger partial charge is 0.507 e. The minimum absolute atomic E-state index is 0.0282. The van der Waals surface area contributed by atoms with Crippen LogP contribution in [-0.4, -0.2) is 67.6 Å². The molecule has 2 aliphatic rings. The van der Waals surface area contributed by atoms with Crippen molar-refractivity contribution in [3.63, 3.8) is 0 Å². The number of rotatable bonds is 9. The number of hydrogen-bond donors (Lipinski definition) is 6. The van der Waals surface area contributed by atoms with Crippen molar-refractivity contribution < 1.29 is 44.6 Å². The van der Waals surface area contributed by atoms with Crippen LogP contribution >= 0.6 is 0 Å². The molecule has 8 atom stereocenters. The fraction of sp³-hybridized carbons (Fsp3) is 0.306. The summed E-state index contributed by atoms with van der Waals surface area (Å²) in [7, 11) is 0. The predicted octanol–water partition coefficient (Wildman–Crippen LogP) is 3.93. The van der Waals surface area contributed by atoms with Crippen molar-refractivity contribution in [2.24, 2.45) is 5.92 Å². The molecule has 2 saturated heterocycles. The number of aliphatic hydroxyl groups is 5. The number of nitrogens with zero attached hydrogens (tertiary/aromatic N) is 1. The highest BCUT2D eigenvalue weighted by Crippen LogP contribution is 2.48. The molecule has 0 spiro atoms. The summed E-state index contributed by atoms with van der Waals surface area (Å²) < 4.78 is 19.3. The maximum Gasteiger partial charge on any atom is 0.233 e. The van der Waals surface area contributed by atoms with E-state index in [9.17, 15) is 39.8 Å². The van der Waals surface area contributed by atoms with Gasteiger partial charge in [0.05, 0.1) is 24.7 Å². The highest BCUT2D eigenvalue weighted by molar-refractivity contribution is 6.03. The van der Waals surface area contributed by atoms with Gasteiger partial charge in [0.25, 0.3) is 0 Å². The minimum Gasteiger partial charge on any atom is -0.507 e. The minimum atomic E-state index is -1.49. The molecule has 2 aliphatic heterocycles. The van der Waals surface area contributed by atoms with Crippen molar-refractivity contribution >= 4 is 11.6 Å². The van der Waals surface area contributed by atoms with Crippen LogP contribution in [-0.2, 0) is 9.53 Å². The second kappa shape index (κ2) is 13.3. The number of β-lactam (4-membered cyclic amide) rings is 1. The fourth-order valence-electron chi connectivity index (χ4n) is 6.49. The molecule has 6 N–H and O–H groups in total. The number of phenolic OH excluding ortho intramolecular Hbond substituents is 1. The number of carbonyl (C=O) groups excluding carboxylic acids is 1. The van der Waals surface area contributed by atoms with E-state index < -0.39 is 61.0 Å². The Bertz CT molecular complexity index is 1650. The first-order valence-corrected chi connectivity index (χ1v) is 15.2. The van der Waals surface area contributed by atoms with Crippen molar-refractivity contribution in [3.05, 3.63) is 120 Å². The first kappa shape index (κ1) is 31.8. The lowest BCUT2D eigenvalue weighted by molar-refractivity contribution is -0.231. The Kier molecular flexibility index (Phi) is 9.19. The van der Waals surface area contributed by atoms with E-state index in [2.05, 4.69) is 0 Å². The van der Waals surface area contributed by atoms with Gasteiger partial charge in [-0.1, -0.05) is 66.7 Å². The summed E-state index contributed by atoms with van der Waals surface area (Å²) in [4.78, 5) is 15.0. The Morgan fingerprint density at radius 2 is 1.50 bits per heavy atom. The van der Waals surface area contributed by atoms with Crippen molar-refractivity contribution in [2.75, 3.05) is 11.5 Å². The van der Waals surface area contributed by atoms with Crippen LogP contribution in [0.25, 0.3) is 11.1 Å². The molecule has 46 heavy (non-hydrogen) atoms. The number of hydrogen-bond acceptors (Lipinski definition) is 8. The molecule has 240 valence electrons. The lowest BCUT2D eigenvalue weighted by Gasteiger charge is -2.48. The fourth-order valence-corrected chi connectivity index (χ4v) is 6.49. The first-order chi connectivity index (χ1) is 22.2. The van der Waals surface area contributed by atoms with E-state index in [1.165, 1.54) is 12.1 Å². The summed E-state index contributed by atoms with van der Waals surface area (Å²) >= 11 is 0. The summed E-state index contributed by atoms with van der Waals surface area (Å²) in [6.07, 6.45) is -6.35. The number of halogens is 1. The summed E-state index contributed by atoms with van der Waals surface area (Å²) in [5.41, 5.74) is 3.66. The summed E-state index contributed by atoms with van der Waals surface area (Å²) in [6.45, 7) is -0.528. The standard InChI is InChI=1S/C36H36FNO8/c37-24-11-13-25(14-12-24)38-31(27(36(38)45)16-17-28(40)21-4-2-1-3-5-21)23-10-15-26(29(41)18-23)20-6-8-22(9-7-20)35-34(44)33(43)32(42)30(19-39)46-35/h1-15,18,27-28,30-35,39-44H,16-17,19H2/t27-,28+,30-,31-,32-,33+,34-,35+/m1/s1. The number of anilines is 1. The van der Waals surface area contributed by atoms with Gasteiger partial charge in [0.2, 0.25) is 5.91 Å². The van der Waals surface area contributed by atoms with Gasteiger partial charge in [-0.25, -0.2) is 4.39 Å². The van der Waals surface area contributed by atoms with Gasteiger partial charge in [-0.3, -0.25) is 4.79 Å². The maximum absolute atomic E-state index is 13.7. The van der Waals surface area contributed by atoms with Gasteiger partial charge in [-0.15, -0.1) is 0 Å². The Labute approximate surface area is 265 Å².